The summed E-state index contributed by atoms with van der Waals surface area (Å²) in [7, 11) is 0. The van der Waals surface area contributed by atoms with Crippen LogP contribution < -0.4 is 5.32 Å². The molecule has 20 heavy (non-hydrogen) atoms. The van der Waals surface area contributed by atoms with E-state index in [0.29, 0.717) is 25.2 Å². The molecule has 8 heteroatoms. The highest BCUT2D eigenvalue weighted by molar-refractivity contribution is 7.08. The number of rotatable bonds is 7. The fourth-order valence-corrected chi connectivity index (χ4v) is 2.22. The lowest BCUT2D eigenvalue weighted by atomic mass is 10.2. The maximum absolute atomic E-state index is 11.7. The molecule has 1 amide bonds. The molecule has 0 aliphatic heterocycles. The van der Waals surface area contributed by atoms with Gasteiger partial charge in [0.05, 0.1) is 6.10 Å². The van der Waals surface area contributed by atoms with Gasteiger partial charge in [0.15, 0.2) is 0 Å². The number of aromatic nitrogens is 4. The number of hydrogen-bond donors (Lipinski definition) is 2. The van der Waals surface area contributed by atoms with Gasteiger partial charge >= 0.3 is 0 Å². The minimum atomic E-state index is -0.370. The van der Waals surface area contributed by atoms with E-state index in [0.717, 1.165) is 5.56 Å². The van der Waals surface area contributed by atoms with Gasteiger partial charge in [0.25, 0.3) is 0 Å². The van der Waals surface area contributed by atoms with Crippen LogP contribution in [-0.4, -0.2) is 43.9 Å². The second kappa shape index (κ2) is 7.11. The molecule has 0 fully saturated rings. The third-order valence-electron chi connectivity index (χ3n) is 2.79. The summed E-state index contributed by atoms with van der Waals surface area (Å²) in [6.07, 6.45) is 0.863. The maximum Gasteiger partial charge on any atom is 0.243 e. The topological polar surface area (TPSA) is 92.9 Å². The van der Waals surface area contributed by atoms with Gasteiger partial charge in [0, 0.05) is 17.5 Å². The summed E-state index contributed by atoms with van der Waals surface area (Å²) < 4.78 is 0. The SMILES string of the molecule is CCC(O)CCNC(=O)Cn1nnc(-c2ccsc2)n1. The molecule has 0 radical (unpaired) electrons. The van der Waals surface area contributed by atoms with Crippen LogP contribution in [0, 0.1) is 0 Å². The van der Waals surface area contributed by atoms with Gasteiger partial charge in [0.1, 0.15) is 6.54 Å². The van der Waals surface area contributed by atoms with Crippen molar-refractivity contribution in [2.45, 2.75) is 32.4 Å². The zero-order valence-electron chi connectivity index (χ0n) is 11.2. The predicted molar refractivity (Wildman–Crippen MR) is 75.1 cm³/mol. The number of aliphatic hydroxyl groups is 1. The van der Waals surface area contributed by atoms with Crippen molar-refractivity contribution in [2.75, 3.05) is 6.54 Å². The summed E-state index contributed by atoms with van der Waals surface area (Å²) in [6.45, 7) is 2.37. The summed E-state index contributed by atoms with van der Waals surface area (Å²) in [4.78, 5) is 12.9. The van der Waals surface area contributed by atoms with Crippen LogP contribution in [0.15, 0.2) is 16.8 Å². The summed E-state index contributed by atoms with van der Waals surface area (Å²) >= 11 is 1.55. The first-order valence-corrected chi connectivity index (χ1v) is 7.38. The second-order valence-corrected chi connectivity index (χ2v) is 5.14. The molecule has 108 valence electrons. The van der Waals surface area contributed by atoms with Crippen molar-refractivity contribution in [3.63, 3.8) is 0 Å². The highest BCUT2D eigenvalue weighted by Gasteiger charge is 2.09. The van der Waals surface area contributed by atoms with Crippen molar-refractivity contribution < 1.29 is 9.90 Å². The number of amides is 1. The summed E-state index contributed by atoms with van der Waals surface area (Å²) in [5.41, 5.74) is 0.896. The fraction of sp³-hybridized carbons (Fsp3) is 0.500. The van der Waals surface area contributed by atoms with Gasteiger partial charge in [-0.15, -0.1) is 10.2 Å². The van der Waals surface area contributed by atoms with Crippen LogP contribution in [0.2, 0.25) is 0 Å². The van der Waals surface area contributed by atoms with Crippen molar-refractivity contribution in [1.82, 2.24) is 25.5 Å². The van der Waals surface area contributed by atoms with Gasteiger partial charge in [-0.2, -0.15) is 16.1 Å². The number of nitrogens with one attached hydrogen (secondary N) is 1. The van der Waals surface area contributed by atoms with E-state index in [1.54, 1.807) is 11.3 Å². The van der Waals surface area contributed by atoms with Gasteiger partial charge in [-0.25, -0.2) is 0 Å². The molecule has 2 rings (SSSR count). The molecule has 1 atom stereocenters. The molecule has 2 N–H and O–H groups in total. The van der Waals surface area contributed by atoms with E-state index in [-0.39, 0.29) is 18.6 Å². The molecule has 2 heterocycles. The summed E-state index contributed by atoms with van der Waals surface area (Å²) in [5, 5.41) is 27.8. The molecule has 0 saturated heterocycles. The first kappa shape index (κ1) is 14.6. The highest BCUT2D eigenvalue weighted by atomic mass is 32.1. The molecule has 1 unspecified atom stereocenters. The van der Waals surface area contributed by atoms with E-state index in [1.807, 2.05) is 23.8 Å². The monoisotopic (exact) mass is 295 g/mol. The van der Waals surface area contributed by atoms with Gasteiger partial charge in [-0.05, 0) is 29.5 Å². The Labute approximate surface area is 120 Å². The molecule has 0 aromatic carbocycles. The Bertz CT molecular complexity index is 540. The number of thiophene rings is 1. The molecular weight excluding hydrogens is 278 g/mol. The Hall–Kier alpha value is -1.80. The Balaban J connectivity index is 1.80. The number of aliphatic hydroxyl groups excluding tert-OH is 1. The highest BCUT2D eigenvalue weighted by Crippen LogP contribution is 2.16. The van der Waals surface area contributed by atoms with E-state index in [2.05, 4.69) is 20.7 Å². The van der Waals surface area contributed by atoms with E-state index < -0.39 is 0 Å². The molecule has 7 nitrogen and oxygen atoms in total. The van der Waals surface area contributed by atoms with Crippen molar-refractivity contribution in [2.24, 2.45) is 0 Å². The maximum atomic E-state index is 11.7. The number of carbonyl (C=O) groups is 1. The molecule has 2 aromatic heterocycles. The van der Waals surface area contributed by atoms with Crippen molar-refractivity contribution in [3.8, 4) is 11.4 Å². The number of tetrazole rings is 1. The van der Waals surface area contributed by atoms with Gasteiger partial charge in [0.2, 0.25) is 11.7 Å². The predicted octanol–water partition coefficient (Wildman–Crippen LogP) is 0.679. The van der Waals surface area contributed by atoms with E-state index >= 15 is 0 Å². The normalized spacial score (nSPS) is 12.3. The summed E-state index contributed by atoms with van der Waals surface area (Å²) in [6, 6.07) is 1.90. The zero-order valence-corrected chi connectivity index (χ0v) is 12.0. The molecular formula is C12H17N5O2S. The minimum absolute atomic E-state index is 0.0271. The first-order valence-electron chi connectivity index (χ1n) is 6.44. The van der Waals surface area contributed by atoms with Crippen LogP contribution >= 0.6 is 11.3 Å². The van der Waals surface area contributed by atoms with Crippen molar-refractivity contribution in [3.05, 3.63) is 16.8 Å². The van der Waals surface area contributed by atoms with E-state index in [1.165, 1.54) is 4.80 Å². The fourth-order valence-electron chi connectivity index (χ4n) is 1.58. The van der Waals surface area contributed by atoms with Gasteiger partial charge in [-0.3, -0.25) is 4.79 Å². The van der Waals surface area contributed by atoms with Crippen LogP contribution in [0.3, 0.4) is 0 Å². The number of hydrogen-bond acceptors (Lipinski definition) is 6. The average molecular weight is 295 g/mol. The van der Waals surface area contributed by atoms with Crippen LogP contribution in [0.1, 0.15) is 19.8 Å². The quantitative estimate of drug-likeness (QED) is 0.783. The average Bonchev–Trinajstić information content (AvgIpc) is 3.08. The number of carbonyl (C=O) groups excluding carboxylic acids is 1. The smallest absolute Gasteiger partial charge is 0.243 e. The van der Waals surface area contributed by atoms with Gasteiger partial charge in [-0.1, -0.05) is 6.92 Å². The van der Waals surface area contributed by atoms with E-state index in [9.17, 15) is 9.90 Å². The number of nitrogens with zero attached hydrogens (tertiary/aromatic N) is 4. The van der Waals surface area contributed by atoms with Crippen LogP contribution in [0.5, 0.6) is 0 Å². The summed E-state index contributed by atoms with van der Waals surface area (Å²) in [5.74, 6) is 0.322. The van der Waals surface area contributed by atoms with Crippen molar-refractivity contribution in [1.29, 1.82) is 0 Å². The molecule has 0 saturated carbocycles. The standard InChI is InChI=1S/C12H17N5O2S/c1-2-10(18)3-5-13-11(19)7-17-15-12(14-16-17)9-4-6-20-8-9/h4,6,8,10,18H,2-3,5,7H2,1H3,(H,13,19). The van der Waals surface area contributed by atoms with Crippen LogP contribution in [-0.2, 0) is 11.3 Å². The second-order valence-electron chi connectivity index (χ2n) is 4.36. The molecule has 2 aromatic rings. The molecule has 0 bridgehead atoms. The molecule has 0 spiro atoms. The molecule has 0 aliphatic rings. The Morgan fingerprint density at radius 1 is 1.60 bits per heavy atom. The minimum Gasteiger partial charge on any atom is -0.393 e. The van der Waals surface area contributed by atoms with Crippen LogP contribution in [0.25, 0.3) is 11.4 Å². The van der Waals surface area contributed by atoms with Gasteiger partial charge < -0.3 is 10.4 Å². The molecule has 0 aliphatic carbocycles. The third kappa shape index (κ3) is 4.10. The lowest BCUT2D eigenvalue weighted by Gasteiger charge is -2.08. The van der Waals surface area contributed by atoms with Crippen molar-refractivity contribution >= 4 is 17.2 Å². The Morgan fingerprint density at radius 3 is 3.15 bits per heavy atom. The Kier molecular flexibility index (Phi) is 5.19. The lowest BCUT2D eigenvalue weighted by Crippen LogP contribution is -2.30. The first-order chi connectivity index (χ1) is 9.69. The third-order valence-corrected chi connectivity index (χ3v) is 3.47. The largest absolute Gasteiger partial charge is 0.393 e. The van der Waals surface area contributed by atoms with E-state index in [4.69, 9.17) is 0 Å². The lowest BCUT2D eigenvalue weighted by molar-refractivity contribution is -0.122. The Morgan fingerprint density at radius 2 is 2.45 bits per heavy atom. The zero-order chi connectivity index (χ0) is 14.4. The van der Waals surface area contributed by atoms with Crippen LogP contribution in [0.4, 0.5) is 0 Å².